The van der Waals surface area contributed by atoms with Gasteiger partial charge >= 0.3 is 0 Å². The van der Waals surface area contributed by atoms with E-state index in [9.17, 15) is 9.18 Å². The van der Waals surface area contributed by atoms with Crippen molar-refractivity contribution in [3.05, 3.63) is 52.8 Å². The Morgan fingerprint density at radius 1 is 1.14 bits per heavy atom. The standard InChI is InChI=1S/C21H23BrFN3OS2/c1-3-25(4-2)11-12-26(20(27)14-28-17-8-6-16(23)7-9-17)21-24-18-10-5-15(22)13-19(18)29-21/h5-10,13H,3-4,11-12,14H2,1-2H3. The van der Waals surface area contributed by atoms with Gasteiger partial charge in [0, 0.05) is 22.5 Å². The smallest absolute Gasteiger partial charge is 0.239 e. The van der Waals surface area contributed by atoms with Crippen molar-refractivity contribution in [1.82, 2.24) is 9.88 Å². The number of halogens is 2. The summed E-state index contributed by atoms with van der Waals surface area (Å²) in [5, 5.41) is 0.718. The van der Waals surface area contributed by atoms with E-state index < -0.39 is 0 Å². The molecule has 0 radical (unpaired) electrons. The lowest BCUT2D eigenvalue weighted by Gasteiger charge is -2.24. The van der Waals surface area contributed by atoms with E-state index >= 15 is 0 Å². The molecule has 0 bridgehead atoms. The van der Waals surface area contributed by atoms with Crippen LogP contribution in [0.4, 0.5) is 9.52 Å². The number of anilines is 1. The first-order chi connectivity index (χ1) is 14.0. The van der Waals surface area contributed by atoms with Crippen LogP contribution in [0.3, 0.4) is 0 Å². The molecule has 3 rings (SSSR count). The number of thioether (sulfide) groups is 1. The van der Waals surface area contributed by atoms with E-state index in [0.717, 1.165) is 44.4 Å². The van der Waals surface area contributed by atoms with Gasteiger partial charge in [-0.2, -0.15) is 0 Å². The van der Waals surface area contributed by atoms with Gasteiger partial charge in [0.25, 0.3) is 0 Å². The van der Waals surface area contributed by atoms with Crippen molar-refractivity contribution in [2.24, 2.45) is 0 Å². The van der Waals surface area contributed by atoms with Crippen LogP contribution >= 0.6 is 39.0 Å². The fourth-order valence-electron chi connectivity index (χ4n) is 2.86. The fourth-order valence-corrected chi connectivity index (χ4v) is 5.20. The minimum Gasteiger partial charge on any atom is -0.302 e. The van der Waals surface area contributed by atoms with Crippen molar-refractivity contribution in [3.8, 4) is 0 Å². The van der Waals surface area contributed by atoms with Gasteiger partial charge in [-0.25, -0.2) is 9.37 Å². The predicted octanol–water partition coefficient (Wildman–Crippen LogP) is 5.67. The quantitative estimate of drug-likeness (QED) is 0.358. The third-order valence-corrected chi connectivity index (χ3v) is 7.11. The van der Waals surface area contributed by atoms with E-state index in [0.29, 0.717) is 6.54 Å². The number of carbonyl (C=O) groups is 1. The maximum absolute atomic E-state index is 13.1. The highest BCUT2D eigenvalue weighted by atomic mass is 79.9. The number of rotatable bonds is 9. The summed E-state index contributed by atoms with van der Waals surface area (Å²) in [7, 11) is 0. The highest BCUT2D eigenvalue weighted by Crippen LogP contribution is 2.31. The average molecular weight is 496 g/mol. The SMILES string of the molecule is CCN(CC)CCN(C(=O)CSc1ccc(F)cc1)c1nc2ccc(Br)cc2s1. The Morgan fingerprint density at radius 3 is 2.55 bits per heavy atom. The summed E-state index contributed by atoms with van der Waals surface area (Å²) >= 11 is 6.43. The van der Waals surface area contributed by atoms with Gasteiger partial charge in [0.1, 0.15) is 5.82 Å². The average Bonchev–Trinajstić information content (AvgIpc) is 3.13. The summed E-state index contributed by atoms with van der Waals surface area (Å²) in [6, 6.07) is 12.2. The van der Waals surface area contributed by atoms with Gasteiger partial charge in [0.15, 0.2) is 5.13 Å². The van der Waals surface area contributed by atoms with Crippen LogP contribution in [-0.4, -0.2) is 47.7 Å². The zero-order chi connectivity index (χ0) is 20.8. The van der Waals surface area contributed by atoms with Crippen LogP contribution in [0.5, 0.6) is 0 Å². The molecule has 0 fully saturated rings. The van der Waals surface area contributed by atoms with E-state index in [1.54, 1.807) is 17.0 Å². The Hall–Kier alpha value is -1.48. The van der Waals surface area contributed by atoms with Crippen molar-refractivity contribution in [2.45, 2.75) is 18.7 Å². The zero-order valence-electron chi connectivity index (χ0n) is 16.4. The molecule has 0 unspecified atom stereocenters. The molecule has 4 nitrogen and oxygen atoms in total. The molecule has 0 N–H and O–H groups in total. The Labute approximate surface area is 187 Å². The number of nitrogens with zero attached hydrogens (tertiary/aromatic N) is 3. The largest absolute Gasteiger partial charge is 0.302 e. The number of benzene rings is 2. The molecule has 0 spiro atoms. The number of thiazole rings is 1. The molecule has 0 aliphatic carbocycles. The lowest BCUT2D eigenvalue weighted by molar-refractivity contribution is -0.116. The van der Waals surface area contributed by atoms with Gasteiger partial charge in [-0.15, -0.1) is 11.8 Å². The van der Waals surface area contributed by atoms with Crippen molar-refractivity contribution < 1.29 is 9.18 Å². The Morgan fingerprint density at radius 2 is 1.86 bits per heavy atom. The molecule has 2 aromatic carbocycles. The number of amides is 1. The lowest BCUT2D eigenvalue weighted by atomic mass is 10.3. The molecular weight excluding hydrogens is 473 g/mol. The lowest BCUT2D eigenvalue weighted by Crippen LogP contribution is -2.39. The van der Waals surface area contributed by atoms with Gasteiger partial charge in [0.05, 0.1) is 16.0 Å². The van der Waals surface area contributed by atoms with Crippen LogP contribution in [0.1, 0.15) is 13.8 Å². The molecule has 29 heavy (non-hydrogen) atoms. The van der Waals surface area contributed by atoms with Gasteiger partial charge in [-0.05, 0) is 55.6 Å². The van der Waals surface area contributed by atoms with Crippen molar-refractivity contribution in [1.29, 1.82) is 0 Å². The molecule has 3 aromatic rings. The Kier molecular flexibility index (Phi) is 8.06. The highest BCUT2D eigenvalue weighted by Gasteiger charge is 2.20. The van der Waals surface area contributed by atoms with Crippen LogP contribution in [0.2, 0.25) is 0 Å². The summed E-state index contributed by atoms with van der Waals surface area (Å²) in [4.78, 5) is 22.7. The summed E-state index contributed by atoms with van der Waals surface area (Å²) < 4.78 is 15.1. The molecular formula is C21H23BrFN3OS2. The van der Waals surface area contributed by atoms with Crippen LogP contribution in [0.15, 0.2) is 51.8 Å². The van der Waals surface area contributed by atoms with Gasteiger partial charge in [-0.1, -0.05) is 41.1 Å². The van der Waals surface area contributed by atoms with Crippen molar-refractivity contribution in [3.63, 3.8) is 0 Å². The van der Waals surface area contributed by atoms with E-state index in [2.05, 4.69) is 34.7 Å². The van der Waals surface area contributed by atoms with Crippen LogP contribution < -0.4 is 4.90 Å². The predicted molar refractivity (Wildman–Crippen MR) is 125 cm³/mol. The third kappa shape index (κ3) is 6.01. The van der Waals surface area contributed by atoms with Crippen LogP contribution in [-0.2, 0) is 4.79 Å². The first-order valence-corrected chi connectivity index (χ1v) is 12.1. The summed E-state index contributed by atoms with van der Waals surface area (Å²) in [6.45, 7) is 7.50. The molecule has 0 atom stereocenters. The van der Waals surface area contributed by atoms with Gasteiger partial charge in [-0.3, -0.25) is 9.69 Å². The van der Waals surface area contributed by atoms with Gasteiger partial charge in [0.2, 0.25) is 5.91 Å². The van der Waals surface area contributed by atoms with Crippen molar-refractivity contribution >= 4 is 60.3 Å². The maximum Gasteiger partial charge on any atom is 0.239 e. The second kappa shape index (κ2) is 10.5. The highest BCUT2D eigenvalue weighted by molar-refractivity contribution is 9.10. The summed E-state index contributed by atoms with van der Waals surface area (Å²) in [5.41, 5.74) is 0.889. The number of aromatic nitrogens is 1. The molecule has 1 heterocycles. The molecule has 0 aliphatic rings. The number of hydrogen-bond donors (Lipinski definition) is 0. The molecule has 0 saturated heterocycles. The minimum atomic E-state index is -0.276. The molecule has 0 saturated carbocycles. The Balaban J connectivity index is 1.78. The number of likely N-dealkylation sites (N-methyl/N-ethyl adjacent to an activating group) is 1. The molecule has 154 valence electrons. The maximum atomic E-state index is 13.1. The monoisotopic (exact) mass is 495 g/mol. The molecule has 1 amide bonds. The number of carbonyl (C=O) groups excluding carboxylic acids is 1. The first kappa shape index (κ1) is 22.2. The first-order valence-electron chi connectivity index (χ1n) is 9.47. The minimum absolute atomic E-state index is 0.00426. The van der Waals surface area contributed by atoms with E-state index in [4.69, 9.17) is 4.98 Å². The second-order valence-electron chi connectivity index (χ2n) is 6.42. The second-order valence-corrected chi connectivity index (χ2v) is 9.40. The van der Waals surface area contributed by atoms with Gasteiger partial charge < -0.3 is 4.90 Å². The molecule has 8 heteroatoms. The summed E-state index contributed by atoms with van der Waals surface area (Å²) in [6.07, 6.45) is 0. The zero-order valence-corrected chi connectivity index (χ0v) is 19.6. The normalized spacial score (nSPS) is 11.3. The van der Waals surface area contributed by atoms with Crippen LogP contribution in [0, 0.1) is 5.82 Å². The number of hydrogen-bond acceptors (Lipinski definition) is 5. The Bertz CT molecular complexity index is 960. The van der Waals surface area contributed by atoms with Crippen molar-refractivity contribution in [2.75, 3.05) is 36.8 Å². The van der Waals surface area contributed by atoms with E-state index in [-0.39, 0.29) is 17.5 Å². The van der Waals surface area contributed by atoms with E-state index in [1.807, 2.05) is 18.2 Å². The van der Waals surface area contributed by atoms with E-state index in [1.165, 1.54) is 35.2 Å². The molecule has 0 aliphatic heterocycles. The summed E-state index contributed by atoms with van der Waals surface area (Å²) in [5.74, 6) is 0.00974. The topological polar surface area (TPSA) is 36.4 Å². The fraction of sp³-hybridized carbons (Fsp3) is 0.333. The van der Waals surface area contributed by atoms with Crippen LogP contribution in [0.25, 0.3) is 10.2 Å². The third-order valence-electron chi connectivity index (χ3n) is 4.58. The number of fused-ring (bicyclic) bond motifs is 1. The molecule has 1 aromatic heterocycles.